The number of rotatable bonds is 1. The molecule has 7 heteroatoms. The van der Waals surface area contributed by atoms with Crippen LogP contribution >= 0.6 is 0 Å². The Bertz CT molecular complexity index is 695. The fourth-order valence-electron chi connectivity index (χ4n) is 2.00. The monoisotopic (exact) mass is 272 g/mol. The Balaban J connectivity index is 2.39. The van der Waals surface area contributed by atoms with Crippen molar-refractivity contribution in [1.82, 2.24) is 15.7 Å². The van der Waals surface area contributed by atoms with Crippen molar-refractivity contribution in [1.29, 1.82) is 0 Å². The smallest absolute Gasteiger partial charge is 0.258 e. The number of hydrogen-bond acceptors (Lipinski definition) is 5. The summed E-state index contributed by atoms with van der Waals surface area (Å²) in [5, 5.41) is 6.76. The lowest BCUT2D eigenvalue weighted by Crippen LogP contribution is -2.45. The number of hydrazone groups is 1. The number of benzene rings is 1. The van der Waals surface area contributed by atoms with Crippen LogP contribution in [0.5, 0.6) is 0 Å². The zero-order valence-electron chi connectivity index (χ0n) is 11.3. The van der Waals surface area contributed by atoms with Gasteiger partial charge in [0, 0.05) is 16.6 Å². The Morgan fingerprint density at radius 3 is 2.70 bits per heavy atom. The second kappa shape index (κ2) is 5.54. The molecule has 0 atom stereocenters. The third-order valence-corrected chi connectivity index (χ3v) is 2.90. The summed E-state index contributed by atoms with van der Waals surface area (Å²) in [7, 11) is 0. The lowest BCUT2D eigenvalue weighted by molar-refractivity contribution is 0.0976. The summed E-state index contributed by atoms with van der Waals surface area (Å²) in [6, 6.07) is 7.29. The van der Waals surface area contributed by atoms with Crippen molar-refractivity contribution in [2.75, 3.05) is 0 Å². The lowest BCUT2D eigenvalue weighted by atomic mass is 10.1. The van der Waals surface area contributed by atoms with E-state index in [0.717, 1.165) is 22.2 Å². The first-order valence-electron chi connectivity index (χ1n) is 5.99. The maximum atomic E-state index is 12.0. The van der Waals surface area contributed by atoms with Gasteiger partial charge in [-0.05, 0) is 37.6 Å². The standard InChI is InChI=1S/C13H16N6O/c1-7-5-8(2)16-11-6-9(3-4-10(7)11)12(20)17-13(18-14)19-15/h3-6H,14-15H2,1-2H3,(H2,17,18,19,20). The van der Waals surface area contributed by atoms with Gasteiger partial charge in [0.15, 0.2) is 0 Å². The van der Waals surface area contributed by atoms with Crippen molar-refractivity contribution in [3.8, 4) is 0 Å². The molecule has 2 aromatic rings. The van der Waals surface area contributed by atoms with E-state index in [9.17, 15) is 4.79 Å². The topological polar surface area (TPSA) is 118 Å². The zero-order chi connectivity index (χ0) is 14.7. The number of amides is 1. The van der Waals surface area contributed by atoms with Crippen molar-refractivity contribution in [2.24, 2.45) is 16.8 Å². The van der Waals surface area contributed by atoms with Gasteiger partial charge >= 0.3 is 0 Å². The van der Waals surface area contributed by atoms with Gasteiger partial charge in [-0.2, -0.15) is 0 Å². The number of hydrazine groups is 1. The van der Waals surface area contributed by atoms with E-state index >= 15 is 0 Å². The summed E-state index contributed by atoms with van der Waals surface area (Å²) < 4.78 is 0. The zero-order valence-corrected chi connectivity index (χ0v) is 11.3. The molecule has 2 rings (SSSR count). The van der Waals surface area contributed by atoms with Crippen LogP contribution in [0.3, 0.4) is 0 Å². The maximum Gasteiger partial charge on any atom is 0.258 e. The van der Waals surface area contributed by atoms with Crippen molar-refractivity contribution in [3.05, 3.63) is 41.1 Å². The molecule has 1 aromatic carbocycles. The number of nitrogens with zero attached hydrogens (tertiary/aromatic N) is 2. The number of fused-ring (bicyclic) bond motifs is 1. The molecule has 0 aliphatic carbocycles. The summed E-state index contributed by atoms with van der Waals surface area (Å²) in [6.07, 6.45) is 0. The summed E-state index contributed by atoms with van der Waals surface area (Å²) in [4.78, 5) is 16.4. The minimum Gasteiger partial charge on any atom is -0.320 e. The average molecular weight is 272 g/mol. The predicted molar refractivity (Wildman–Crippen MR) is 77.6 cm³/mol. The van der Waals surface area contributed by atoms with E-state index in [1.807, 2.05) is 26.0 Å². The first-order valence-corrected chi connectivity index (χ1v) is 5.99. The van der Waals surface area contributed by atoms with Crippen molar-refractivity contribution >= 4 is 22.8 Å². The molecule has 20 heavy (non-hydrogen) atoms. The fraction of sp³-hybridized carbons (Fsp3) is 0.154. The normalized spacial score (nSPS) is 11.4. The SMILES string of the molecule is Cc1cc(C)c2ccc(C(=O)NC(=NN)NN)cc2n1. The summed E-state index contributed by atoms with van der Waals surface area (Å²) in [5.74, 6) is 9.83. The van der Waals surface area contributed by atoms with E-state index < -0.39 is 0 Å². The quantitative estimate of drug-likeness (QED) is 0.257. The summed E-state index contributed by atoms with van der Waals surface area (Å²) in [5.41, 5.74) is 5.42. The van der Waals surface area contributed by atoms with E-state index in [2.05, 4.69) is 20.8 Å². The molecule has 0 unspecified atom stereocenters. The van der Waals surface area contributed by atoms with Crippen LogP contribution in [0, 0.1) is 13.8 Å². The highest BCUT2D eigenvalue weighted by Crippen LogP contribution is 2.19. The van der Waals surface area contributed by atoms with Gasteiger partial charge in [-0.3, -0.25) is 20.5 Å². The van der Waals surface area contributed by atoms with Gasteiger partial charge < -0.3 is 5.84 Å². The average Bonchev–Trinajstić information content (AvgIpc) is 2.43. The number of aryl methyl sites for hydroxylation is 2. The molecule has 0 radical (unpaired) electrons. The fourth-order valence-corrected chi connectivity index (χ4v) is 2.00. The molecule has 0 aliphatic rings. The Morgan fingerprint density at radius 1 is 1.30 bits per heavy atom. The highest BCUT2D eigenvalue weighted by Gasteiger charge is 2.10. The third-order valence-electron chi connectivity index (χ3n) is 2.90. The van der Waals surface area contributed by atoms with Crippen molar-refractivity contribution < 1.29 is 4.79 Å². The van der Waals surface area contributed by atoms with Crippen LogP contribution in [-0.2, 0) is 0 Å². The number of carbonyl (C=O) groups is 1. The van der Waals surface area contributed by atoms with Crippen LogP contribution in [0.2, 0.25) is 0 Å². The minimum absolute atomic E-state index is 0.0107. The second-order valence-electron chi connectivity index (χ2n) is 4.39. The van der Waals surface area contributed by atoms with Crippen molar-refractivity contribution in [3.63, 3.8) is 0 Å². The maximum absolute atomic E-state index is 12.0. The molecule has 1 amide bonds. The Labute approximate surface area is 116 Å². The molecule has 1 aromatic heterocycles. The number of hydrogen-bond donors (Lipinski definition) is 4. The molecule has 0 fully saturated rings. The van der Waals surface area contributed by atoms with Gasteiger partial charge in [0.05, 0.1) is 5.52 Å². The first-order chi connectivity index (χ1) is 9.55. The number of pyridine rings is 1. The molecule has 6 N–H and O–H groups in total. The lowest BCUT2D eigenvalue weighted by Gasteiger charge is -2.08. The predicted octanol–water partition coefficient (Wildman–Crippen LogP) is 0.274. The molecule has 1 heterocycles. The van der Waals surface area contributed by atoms with Crippen LogP contribution in [0.1, 0.15) is 21.6 Å². The number of guanidine groups is 1. The summed E-state index contributed by atoms with van der Waals surface area (Å²) in [6.45, 7) is 3.92. The van der Waals surface area contributed by atoms with Gasteiger partial charge in [0.2, 0.25) is 5.96 Å². The van der Waals surface area contributed by atoms with Gasteiger partial charge in [-0.25, -0.2) is 5.84 Å². The van der Waals surface area contributed by atoms with E-state index in [1.165, 1.54) is 0 Å². The number of aromatic nitrogens is 1. The van der Waals surface area contributed by atoms with E-state index in [1.54, 1.807) is 12.1 Å². The van der Waals surface area contributed by atoms with Gasteiger partial charge in [-0.15, -0.1) is 5.10 Å². The second-order valence-corrected chi connectivity index (χ2v) is 4.39. The number of nitrogens with two attached hydrogens (primary N) is 2. The van der Waals surface area contributed by atoms with Gasteiger partial charge in [0.1, 0.15) is 0 Å². The van der Waals surface area contributed by atoms with E-state index in [-0.39, 0.29) is 11.9 Å². The van der Waals surface area contributed by atoms with Crippen LogP contribution in [-0.4, -0.2) is 16.9 Å². The van der Waals surface area contributed by atoms with Crippen LogP contribution in [0.25, 0.3) is 10.9 Å². The molecule has 7 nitrogen and oxygen atoms in total. The highest BCUT2D eigenvalue weighted by atomic mass is 16.1. The number of nitrogens with one attached hydrogen (secondary N) is 2. The van der Waals surface area contributed by atoms with Crippen LogP contribution in [0.4, 0.5) is 0 Å². The van der Waals surface area contributed by atoms with Crippen LogP contribution < -0.4 is 22.4 Å². The molecule has 104 valence electrons. The molecule has 0 saturated heterocycles. The Kier molecular flexibility index (Phi) is 3.81. The van der Waals surface area contributed by atoms with E-state index in [4.69, 9.17) is 11.7 Å². The van der Waals surface area contributed by atoms with E-state index in [0.29, 0.717) is 5.56 Å². The molecular formula is C13H16N6O. The molecule has 0 bridgehead atoms. The minimum atomic E-state index is -0.366. The van der Waals surface area contributed by atoms with Crippen LogP contribution in [0.15, 0.2) is 29.4 Å². The largest absolute Gasteiger partial charge is 0.320 e. The van der Waals surface area contributed by atoms with Crippen molar-refractivity contribution in [2.45, 2.75) is 13.8 Å². The number of carbonyl (C=O) groups excluding carboxylic acids is 1. The third kappa shape index (κ3) is 2.67. The van der Waals surface area contributed by atoms with Gasteiger partial charge in [0.25, 0.3) is 5.91 Å². The van der Waals surface area contributed by atoms with Gasteiger partial charge in [-0.1, -0.05) is 6.07 Å². The molecular weight excluding hydrogens is 256 g/mol. The molecule has 0 aliphatic heterocycles. The Morgan fingerprint density at radius 2 is 2.05 bits per heavy atom. The summed E-state index contributed by atoms with van der Waals surface area (Å²) >= 11 is 0. The molecule has 0 saturated carbocycles. The Hall–Kier alpha value is -2.67. The molecule has 0 spiro atoms. The first kappa shape index (κ1) is 13.8. The highest BCUT2D eigenvalue weighted by molar-refractivity contribution is 6.07.